The molecule has 0 amide bonds. The van der Waals surface area contributed by atoms with Gasteiger partial charge in [0.25, 0.3) is 0 Å². The van der Waals surface area contributed by atoms with Crippen molar-refractivity contribution in [2.24, 2.45) is 0 Å². The van der Waals surface area contributed by atoms with E-state index in [-0.39, 0.29) is 12.2 Å². The summed E-state index contributed by atoms with van der Waals surface area (Å²) in [4.78, 5) is 4.43. The van der Waals surface area contributed by atoms with E-state index in [9.17, 15) is 18.3 Å². The Morgan fingerprint density at radius 3 is 2.63 bits per heavy atom. The van der Waals surface area contributed by atoms with E-state index in [4.69, 9.17) is 9.84 Å². The molecule has 8 heteroatoms. The van der Waals surface area contributed by atoms with Gasteiger partial charge in [0.2, 0.25) is 0 Å². The summed E-state index contributed by atoms with van der Waals surface area (Å²) in [6, 6.07) is 12.1. The maximum atomic E-state index is 13.0. The Bertz CT molecular complexity index is 1100. The molecule has 1 aliphatic heterocycles. The number of benzene rings is 2. The molecule has 1 atom stereocenters. The van der Waals surface area contributed by atoms with Gasteiger partial charge in [-0.25, -0.2) is 4.98 Å². The third kappa shape index (κ3) is 3.71. The molecule has 30 heavy (non-hydrogen) atoms. The Morgan fingerprint density at radius 2 is 1.90 bits per heavy atom. The average molecular weight is 416 g/mol. The smallest absolute Gasteiger partial charge is 0.416 e. The van der Waals surface area contributed by atoms with Gasteiger partial charge in [0, 0.05) is 17.7 Å². The fourth-order valence-corrected chi connectivity index (χ4v) is 3.44. The normalized spacial score (nSPS) is 14.1. The van der Waals surface area contributed by atoms with Crippen molar-refractivity contribution in [2.75, 3.05) is 11.9 Å². The highest BCUT2D eigenvalue weighted by molar-refractivity contribution is 5.70. The van der Waals surface area contributed by atoms with Crippen LogP contribution >= 0.6 is 0 Å². The Labute approximate surface area is 170 Å². The fourth-order valence-electron chi connectivity index (χ4n) is 3.44. The first-order chi connectivity index (χ1) is 14.3. The predicted octanol–water partition coefficient (Wildman–Crippen LogP) is 4.82. The van der Waals surface area contributed by atoms with Crippen molar-refractivity contribution >= 4 is 5.69 Å². The van der Waals surface area contributed by atoms with E-state index in [2.05, 4.69) is 10.3 Å². The van der Waals surface area contributed by atoms with Crippen molar-refractivity contribution in [3.63, 3.8) is 0 Å². The molecule has 0 unspecified atom stereocenters. The zero-order valence-electron chi connectivity index (χ0n) is 16.0. The largest absolute Gasteiger partial charge is 0.455 e. The van der Waals surface area contributed by atoms with Crippen LogP contribution < -0.4 is 10.1 Å². The van der Waals surface area contributed by atoms with Crippen molar-refractivity contribution in [3.8, 4) is 22.8 Å². The van der Waals surface area contributed by atoms with E-state index in [0.29, 0.717) is 22.9 Å². The average Bonchev–Trinajstić information content (AvgIpc) is 2.92. The SMILES string of the molecule is Cc1c(-c2cccc([C@H](O)CO)n2)ccc2c1CNc1cc(C(F)(F)F)ccc1O2. The van der Waals surface area contributed by atoms with Crippen molar-refractivity contribution < 1.29 is 28.1 Å². The van der Waals surface area contributed by atoms with Crippen LogP contribution in [0.25, 0.3) is 11.3 Å². The lowest BCUT2D eigenvalue weighted by Crippen LogP contribution is -2.07. The van der Waals surface area contributed by atoms with Gasteiger partial charge in [0.05, 0.1) is 29.2 Å². The van der Waals surface area contributed by atoms with Gasteiger partial charge < -0.3 is 20.3 Å². The summed E-state index contributed by atoms with van der Waals surface area (Å²) in [6.45, 7) is 1.73. The van der Waals surface area contributed by atoms with Crippen molar-refractivity contribution in [2.45, 2.75) is 25.7 Å². The first-order valence-corrected chi connectivity index (χ1v) is 9.29. The van der Waals surface area contributed by atoms with Crippen molar-refractivity contribution in [1.29, 1.82) is 0 Å². The molecule has 3 aromatic rings. The zero-order valence-corrected chi connectivity index (χ0v) is 16.0. The summed E-state index contributed by atoms with van der Waals surface area (Å²) in [5.74, 6) is 0.869. The lowest BCUT2D eigenvalue weighted by molar-refractivity contribution is -0.137. The third-order valence-electron chi connectivity index (χ3n) is 5.10. The Kier molecular flexibility index (Phi) is 5.13. The van der Waals surface area contributed by atoms with Crippen molar-refractivity contribution in [1.82, 2.24) is 4.98 Å². The molecule has 0 fully saturated rings. The first-order valence-electron chi connectivity index (χ1n) is 9.29. The lowest BCUT2D eigenvalue weighted by Gasteiger charge is -2.15. The minimum atomic E-state index is -4.44. The second-order valence-corrected chi connectivity index (χ2v) is 7.03. The number of fused-ring (bicyclic) bond motifs is 2. The molecule has 1 aliphatic rings. The Morgan fingerprint density at radius 1 is 1.13 bits per heavy atom. The number of anilines is 1. The standard InChI is InChI=1S/C22H19F3N2O3/c1-12-14(16-3-2-4-17(27-16)19(29)11-28)6-8-20-15(12)10-26-18-9-13(22(23,24)25)5-7-21(18)30-20/h2-9,19,26,28-29H,10-11H2,1H3/t19-/m1/s1. The highest BCUT2D eigenvalue weighted by atomic mass is 19.4. The van der Waals surface area contributed by atoms with Gasteiger partial charge in [-0.3, -0.25) is 0 Å². The molecular formula is C22H19F3N2O3. The third-order valence-corrected chi connectivity index (χ3v) is 5.10. The van der Waals surface area contributed by atoms with Gasteiger partial charge in [0.1, 0.15) is 11.9 Å². The van der Waals surface area contributed by atoms with Crippen molar-refractivity contribution in [3.05, 3.63) is 70.9 Å². The fraction of sp³-hybridized carbons (Fsp3) is 0.227. The lowest BCUT2D eigenvalue weighted by atomic mass is 9.98. The number of hydrogen-bond donors (Lipinski definition) is 3. The molecule has 2 aromatic carbocycles. The second kappa shape index (κ2) is 7.62. The summed E-state index contributed by atoms with van der Waals surface area (Å²) in [7, 11) is 0. The maximum Gasteiger partial charge on any atom is 0.416 e. The summed E-state index contributed by atoms with van der Waals surface area (Å²) in [6.07, 6.45) is -5.51. The van der Waals surface area contributed by atoms with Crippen LogP contribution in [-0.2, 0) is 12.7 Å². The molecule has 0 spiro atoms. The Hall–Kier alpha value is -3.10. The van der Waals surface area contributed by atoms with Gasteiger partial charge >= 0.3 is 6.18 Å². The summed E-state index contributed by atoms with van der Waals surface area (Å²) >= 11 is 0. The number of aliphatic hydroxyl groups excluding tert-OH is 2. The number of pyridine rings is 1. The Balaban J connectivity index is 1.71. The van der Waals surface area contributed by atoms with Crippen LogP contribution in [0.5, 0.6) is 11.5 Å². The summed E-state index contributed by atoms with van der Waals surface area (Å²) < 4.78 is 45.0. The highest BCUT2D eigenvalue weighted by Gasteiger charge is 2.32. The van der Waals surface area contributed by atoms with Gasteiger partial charge in [0.15, 0.2) is 5.75 Å². The molecule has 156 valence electrons. The van der Waals surface area contributed by atoms with Crippen LogP contribution in [0.1, 0.15) is 28.5 Å². The molecular weight excluding hydrogens is 397 g/mol. The van der Waals surface area contributed by atoms with Crippen LogP contribution in [0, 0.1) is 6.92 Å². The topological polar surface area (TPSA) is 74.6 Å². The predicted molar refractivity (Wildman–Crippen MR) is 105 cm³/mol. The van der Waals surface area contributed by atoms with Crippen LogP contribution in [0.15, 0.2) is 48.5 Å². The summed E-state index contributed by atoms with van der Waals surface area (Å²) in [5, 5.41) is 22.1. The van der Waals surface area contributed by atoms with Crippen LogP contribution in [0.3, 0.4) is 0 Å². The first kappa shape index (κ1) is 20.2. The zero-order chi connectivity index (χ0) is 21.5. The number of rotatable bonds is 3. The summed E-state index contributed by atoms with van der Waals surface area (Å²) in [5.41, 5.74) is 2.94. The van der Waals surface area contributed by atoms with E-state index in [0.717, 1.165) is 28.8 Å². The van der Waals surface area contributed by atoms with Crippen LogP contribution in [0.4, 0.5) is 18.9 Å². The molecule has 5 nitrogen and oxygen atoms in total. The number of aliphatic hydroxyl groups is 2. The minimum absolute atomic E-state index is 0.271. The molecule has 0 saturated carbocycles. The van der Waals surface area contributed by atoms with Gasteiger partial charge in [-0.05, 0) is 55.0 Å². The molecule has 4 rings (SSSR count). The number of alkyl halides is 3. The van der Waals surface area contributed by atoms with Crippen LogP contribution in [-0.4, -0.2) is 21.8 Å². The number of nitrogens with one attached hydrogen (secondary N) is 1. The second-order valence-electron chi connectivity index (χ2n) is 7.03. The molecule has 1 aromatic heterocycles. The molecule has 0 saturated heterocycles. The molecule has 0 radical (unpaired) electrons. The monoisotopic (exact) mass is 416 g/mol. The van der Waals surface area contributed by atoms with E-state index in [1.807, 2.05) is 13.0 Å². The van der Waals surface area contributed by atoms with E-state index in [1.54, 1.807) is 24.3 Å². The molecule has 3 N–H and O–H groups in total. The quantitative estimate of drug-likeness (QED) is 0.571. The van der Waals surface area contributed by atoms with Gasteiger partial charge in [-0.15, -0.1) is 0 Å². The van der Waals surface area contributed by atoms with Gasteiger partial charge in [-0.2, -0.15) is 13.2 Å². The highest BCUT2D eigenvalue weighted by Crippen LogP contribution is 2.42. The number of ether oxygens (including phenoxy) is 1. The number of nitrogens with zero attached hydrogens (tertiary/aromatic N) is 1. The number of hydrogen-bond acceptors (Lipinski definition) is 5. The number of aromatic nitrogens is 1. The van der Waals surface area contributed by atoms with Crippen LogP contribution in [0.2, 0.25) is 0 Å². The minimum Gasteiger partial charge on any atom is -0.455 e. The van der Waals surface area contributed by atoms with Gasteiger partial charge in [-0.1, -0.05) is 6.07 Å². The molecule has 0 aliphatic carbocycles. The molecule has 2 heterocycles. The van der Waals surface area contributed by atoms with E-state index < -0.39 is 24.5 Å². The molecule has 0 bridgehead atoms. The number of halogens is 3. The maximum absolute atomic E-state index is 13.0. The van der Waals surface area contributed by atoms with E-state index in [1.165, 1.54) is 6.07 Å². The van der Waals surface area contributed by atoms with E-state index >= 15 is 0 Å².